The zero-order valence-corrected chi connectivity index (χ0v) is 43.6. The highest BCUT2D eigenvalue weighted by Crippen LogP contribution is 2.56. The maximum Gasteiger partial charge on any atom is 0.501 e. The number of carboxylic acid groups (broad SMARTS) is 1. The lowest BCUT2D eigenvalue weighted by atomic mass is 9.96. The van der Waals surface area contributed by atoms with Crippen LogP contribution >= 0.6 is 30.9 Å². The fourth-order valence-electron chi connectivity index (χ4n) is 9.92. The first kappa shape index (κ1) is 52.4. The number of carboxylic acids is 1. The van der Waals surface area contributed by atoms with Crippen molar-refractivity contribution in [3.8, 4) is 22.4 Å². The summed E-state index contributed by atoms with van der Waals surface area (Å²) >= 11 is 7.71. The van der Waals surface area contributed by atoms with Crippen LogP contribution in [0.15, 0.2) is 131 Å². The number of nitrogens with zero attached hydrogens (tertiary/aromatic N) is 5. The Morgan fingerprint density at radius 3 is 2.15 bits per heavy atom. The Balaban J connectivity index is 0.917. The van der Waals surface area contributed by atoms with Crippen LogP contribution in [0.1, 0.15) is 35.3 Å². The molecule has 4 heterocycles. The van der Waals surface area contributed by atoms with E-state index in [0.29, 0.717) is 92.8 Å². The van der Waals surface area contributed by atoms with Gasteiger partial charge in [-0.05, 0) is 116 Å². The van der Waals surface area contributed by atoms with E-state index in [-0.39, 0.29) is 35.8 Å². The van der Waals surface area contributed by atoms with Gasteiger partial charge < -0.3 is 39.3 Å². The van der Waals surface area contributed by atoms with Crippen molar-refractivity contribution in [2.24, 2.45) is 7.05 Å². The van der Waals surface area contributed by atoms with Crippen molar-refractivity contribution in [2.75, 3.05) is 84.5 Å². The second-order valence-corrected chi connectivity index (χ2v) is 24.3. The standard InChI is InChI=1S/C53H57ClF3N6O7PS2/c1-36-49(52(65)66)50(51(59(36)2)37-11-13-39(54)14-12-37)38-7-6-8-43(33-38)62-29-27-61(28-30-62)41-15-17-42(18-16-41)63-31-32-70-71(63,67)45-19-20-47(48(34-45)73(68,69)53(55,56)57)58-40(35-72-46-9-4-3-5-10-46)21-24-60-25-22-44(64)23-26-60/h3-20,33-34,40,44,58,64H,21-32,35H2,1-2H3,(H,65,66)/t40-,71-/m1/s1. The van der Waals surface area contributed by atoms with E-state index in [0.717, 1.165) is 39.2 Å². The smallest absolute Gasteiger partial charge is 0.478 e. The number of rotatable bonds is 16. The van der Waals surface area contributed by atoms with Crippen molar-refractivity contribution in [1.29, 1.82) is 0 Å². The predicted octanol–water partition coefficient (Wildman–Crippen LogP) is 10.4. The van der Waals surface area contributed by atoms with Crippen molar-refractivity contribution in [2.45, 2.75) is 53.6 Å². The van der Waals surface area contributed by atoms with Gasteiger partial charge in [-0.2, -0.15) is 13.2 Å². The number of carbonyl (C=O) groups is 1. The van der Waals surface area contributed by atoms with Crippen molar-refractivity contribution >= 4 is 74.7 Å². The number of aromatic carboxylic acids is 1. The highest BCUT2D eigenvalue weighted by molar-refractivity contribution is 7.99. The van der Waals surface area contributed by atoms with Gasteiger partial charge in [0.25, 0.3) is 9.84 Å². The summed E-state index contributed by atoms with van der Waals surface area (Å²) in [4.78, 5) is 19.3. The number of sulfone groups is 1. The summed E-state index contributed by atoms with van der Waals surface area (Å²) in [6.07, 6.45) is 1.35. The molecule has 3 saturated heterocycles. The first-order valence-electron chi connectivity index (χ1n) is 24.1. The second kappa shape index (κ2) is 21.8. The average molecular weight is 1080 g/mol. The lowest BCUT2D eigenvalue weighted by molar-refractivity contribution is -0.0435. The number of hydrogen-bond donors (Lipinski definition) is 3. The van der Waals surface area contributed by atoms with Crippen LogP contribution in [0.3, 0.4) is 0 Å². The van der Waals surface area contributed by atoms with Crippen LogP contribution in [0.25, 0.3) is 22.4 Å². The minimum Gasteiger partial charge on any atom is -0.478 e. The van der Waals surface area contributed by atoms with Crippen molar-refractivity contribution in [3.05, 3.63) is 138 Å². The molecule has 0 unspecified atom stereocenters. The van der Waals surface area contributed by atoms with Gasteiger partial charge in [0, 0.05) is 103 Å². The quantitative estimate of drug-likeness (QED) is 0.0625. The van der Waals surface area contributed by atoms with Crippen LogP contribution in [0.4, 0.5) is 35.9 Å². The first-order valence-corrected chi connectivity index (χ1v) is 28.6. The van der Waals surface area contributed by atoms with Gasteiger partial charge in [-0.25, -0.2) is 13.2 Å². The molecule has 20 heteroatoms. The molecule has 2 atom stereocenters. The number of halogens is 4. The van der Waals surface area contributed by atoms with Gasteiger partial charge >= 0.3 is 19.0 Å². The molecule has 9 rings (SSSR count). The molecule has 3 aliphatic rings. The van der Waals surface area contributed by atoms with E-state index in [4.69, 9.17) is 16.1 Å². The number of likely N-dealkylation sites (tertiary alicyclic amines) is 1. The van der Waals surface area contributed by atoms with Crippen LogP contribution in [0, 0.1) is 6.92 Å². The van der Waals surface area contributed by atoms with E-state index in [2.05, 4.69) is 20.0 Å². The summed E-state index contributed by atoms with van der Waals surface area (Å²) in [5.74, 6) is -0.594. The Morgan fingerprint density at radius 1 is 0.836 bits per heavy atom. The molecule has 13 nitrogen and oxygen atoms in total. The average Bonchev–Trinajstić information content (AvgIpc) is 3.92. The maximum atomic E-state index is 14.9. The van der Waals surface area contributed by atoms with E-state index >= 15 is 0 Å². The largest absolute Gasteiger partial charge is 0.501 e. The molecule has 3 N–H and O–H groups in total. The highest BCUT2D eigenvalue weighted by atomic mass is 35.5. The predicted molar refractivity (Wildman–Crippen MR) is 285 cm³/mol. The number of aliphatic hydroxyl groups excluding tert-OH is 1. The molecule has 6 aromatic rings. The summed E-state index contributed by atoms with van der Waals surface area (Å²) in [6.45, 7) is 6.52. The fourth-order valence-corrected chi connectivity index (χ4v) is 14.3. The molecule has 0 aliphatic carbocycles. The summed E-state index contributed by atoms with van der Waals surface area (Å²) in [5.41, 5.74) is 0.357. The van der Waals surface area contributed by atoms with Crippen molar-refractivity contribution in [1.82, 2.24) is 9.47 Å². The van der Waals surface area contributed by atoms with Crippen LogP contribution in [0.5, 0.6) is 0 Å². The maximum absolute atomic E-state index is 14.9. The molecule has 0 bridgehead atoms. The number of hydrogen-bond acceptors (Lipinski definition) is 11. The van der Waals surface area contributed by atoms with E-state index in [1.807, 2.05) is 90.5 Å². The van der Waals surface area contributed by atoms with Crippen LogP contribution in [0.2, 0.25) is 5.02 Å². The van der Waals surface area contributed by atoms with E-state index < -0.39 is 39.8 Å². The Morgan fingerprint density at radius 2 is 1.49 bits per heavy atom. The molecule has 0 spiro atoms. The van der Waals surface area contributed by atoms with Gasteiger partial charge in [0.1, 0.15) is 4.90 Å². The topological polar surface area (TPSA) is 148 Å². The first-order chi connectivity index (χ1) is 34.9. The van der Waals surface area contributed by atoms with Gasteiger partial charge in [-0.1, -0.05) is 54.1 Å². The number of alkyl halides is 3. The van der Waals surface area contributed by atoms with Gasteiger partial charge in [-0.3, -0.25) is 9.24 Å². The number of aliphatic hydroxyl groups is 1. The second-order valence-electron chi connectivity index (χ2n) is 18.5. The minimum absolute atomic E-state index is 0.000203. The zero-order valence-electron chi connectivity index (χ0n) is 40.3. The number of benzene rings is 5. The van der Waals surface area contributed by atoms with Crippen LogP contribution in [-0.2, 0) is 26.0 Å². The Bertz CT molecular complexity index is 3100. The Kier molecular flexibility index (Phi) is 15.6. The van der Waals surface area contributed by atoms with Crippen molar-refractivity contribution < 1.29 is 45.7 Å². The van der Waals surface area contributed by atoms with Gasteiger partial charge in [0.15, 0.2) is 0 Å². The summed E-state index contributed by atoms with van der Waals surface area (Å²) in [6, 6.07) is 35.2. The SMILES string of the molecule is Cc1c(C(=O)O)c(-c2cccc(N3CCN(c4ccc(N5CCO[P@]5(=O)c5ccc(N[C@H](CCN6CCC(O)CC6)CSc6ccccc6)c(S(=O)(=O)C(F)(F)F)c5)cc4)CC3)c2)c(-c2ccc(Cl)cc2)n1C. The molecule has 0 radical (unpaired) electrons. The third kappa shape index (κ3) is 11.2. The number of piperazine rings is 1. The molecular weight excluding hydrogens is 1020 g/mol. The zero-order chi connectivity index (χ0) is 51.7. The molecule has 3 aliphatic heterocycles. The van der Waals surface area contributed by atoms with Gasteiger partial charge in [0.05, 0.1) is 41.5 Å². The number of thioether (sulfide) groups is 1. The Hall–Kier alpha value is -5.46. The monoisotopic (exact) mass is 1080 g/mol. The van der Waals surface area contributed by atoms with E-state index in [9.17, 15) is 41.2 Å². The van der Waals surface area contributed by atoms with Crippen LogP contribution < -0.4 is 25.1 Å². The highest BCUT2D eigenvalue weighted by Gasteiger charge is 2.49. The Labute approximate surface area is 432 Å². The summed E-state index contributed by atoms with van der Waals surface area (Å²) in [5, 5.41) is 24.0. The van der Waals surface area contributed by atoms with E-state index in [1.54, 1.807) is 31.2 Å². The molecule has 3 fully saturated rings. The molecule has 5 aromatic carbocycles. The van der Waals surface area contributed by atoms with Gasteiger partial charge in [-0.15, -0.1) is 11.8 Å². The van der Waals surface area contributed by atoms with E-state index in [1.165, 1.54) is 28.6 Å². The van der Waals surface area contributed by atoms with Crippen LogP contribution in [-0.4, -0.2) is 116 Å². The minimum atomic E-state index is -5.93. The molecular formula is C53H57ClF3N6O7PS2. The number of piperidine rings is 1. The number of anilines is 4. The third-order valence-corrected chi connectivity index (χ3v) is 19.5. The normalized spacial score (nSPS) is 18.6. The number of nitrogens with one attached hydrogen (secondary N) is 1. The molecule has 0 saturated carbocycles. The fraction of sp³-hybridized carbons (Fsp3) is 0.340. The third-order valence-electron chi connectivity index (χ3n) is 14.0. The summed E-state index contributed by atoms with van der Waals surface area (Å²) in [7, 11) is -8.18. The molecule has 386 valence electrons. The lowest BCUT2D eigenvalue weighted by Gasteiger charge is -2.37. The summed E-state index contributed by atoms with van der Waals surface area (Å²) < 4.78 is 94.5. The molecule has 0 amide bonds. The molecule has 1 aromatic heterocycles. The van der Waals surface area contributed by atoms with Crippen molar-refractivity contribution in [3.63, 3.8) is 0 Å². The lowest BCUT2D eigenvalue weighted by Crippen LogP contribution is -2.46. The molecule has 73 heavy (non-hydrogen) atoms. The number of aromatic nitrogens is 1. The van der Waals surface area contributed by atoms with Gasteiger partial charge in [0.2, 0.25) is 0 Å².